The highest BCUT2D eigenvalue weighted by Crippen LogP contribution is 2.51. The summed E-state index contributed by atoms with van der Waals surface area (Å²) >= 11 is 0. The summed E-state index contributed by atoms with van der Waals surface area (Å²) in [6.45, 7) is 0.277. The quantitative estimate of drug-likeness (QED) is 0.531. The van der Waals surface area contributed by atoms with Gasteiger partial charge in [0.1, 0.15) is 7.14 Å². The zero-order chi connectivity index (χ0) is 22.8. The van der Waals surface area contributed by atoms with E-state index in [4.69, 9.17) is 0 Å². The standard InChI is InChI=1S/C24H32NO4P2S/c1-32(28,29)25-18-22(30(26)21-11-5-2-6-12-21)17-20(25)19-31(27,23-13-7-3-8-14-23)24-15-9-4-10-16-24/h3-4,7-10,13-16,20-22H,2,5-6,11-12,17-19H2,1H3/q+1. The van der Waals surface area contributed by atoms with E-state index in [1.807, 2.05) is 60.7 Å². The molecule has 1 heterocycles. The molecular formula is C24H32NO4P2S+. The fraction of sp³-hybridized carbons (Fsp3) is 0.500. The largest absolute Gasteiger partial charge is 0.346 e. The lowest BCUT2D eigenvalue weighted by Crippen LogP contribution is -2.39. The van der Waals surface area contributed by atoms with Crippen LogP contribution in [-0.4, -0.2) is 49.0 Å². The van der Waals surface area contributed by atoms with Gasteiger partial charge in [0.25, 0.3) is 0 Å². The van der Waals surface area contributed by atoms with Gasteiger partial charge < -0.3 is 4.57 Å². The molecule has 32 heavy (non-hydrogen) atoms. The minimum Gasteiger partial charge on any atom is -0.314 e. The van der Waals surface area contributed by atoms with Crippen molar-refractivity contribution in [1.29, 1.82) is 0 Å². The Labute approximate surface area is 192 Å². The molecule has 1 aliphatic carbocycles. The van der Waals surface area contributed by atoms with E-state index in [2.05, 4.69) is 0 Å². The number of nitrogens with zero attached hydrogens (tertiary/aromatic N) is 1. The van der Waals surface area contributed by atoms with Gasteiger partial charge in [0.05, 0.1) is 12.8 Å². The van der Waals surface area contributed by atoms with E-state index in [0.717, 1.165) is 36.3 Å². The van der Waals surface area contributed by atoms with Crippen LogP contribution in [0.3, 0.4) is 0 Å². The summed E-state index contributed by atoms with van der Waals surface area (Å²) in [7, 11) is -8.07. The van der Waals surface area contributed by atoms with E-state index in [0.29, 0.717) is 6.42 Å². The fourth-order valence-electron chi connectivity index (χ4n) is 5.25. The third kappa shape index (κ3) is 5.09. The molecule has 8 heteroatoms. The summed E-state index contributed by atoms with van der Waals surface area (Å²) in [6, 6.07) is 18.3. The van der Waals surface area contributed by atoms with Crippen LogP contribution in [0.1, 0.15) is 38.5 Å². The van der Waals surface area contributed by atoms with Crippen molar-refractivity contribution in [3.05, 3.63) is 60.7 Å². The lowest BCUT2D eigenvalue weighted by molar-refractivity contribution is 0.412. The van der Waals surface area contributed by atoms with Crippen LogP contribution in [0.25, 0.3) is 0 Å². The molecule has 1 saturated carbocycles. The van der Waals surface area contributed by atoms with Crippen molar-refractivity contribution < 1.29 is 17.5 Å². The molecule has 0 spiro atoms. The summed E-state index contributed by atoms with van der Waals surface area (Å²) in [5.74, 6) is 0. The van der Waals surface area contributed by atoms with Crippen LogP contribution in [0.5, 0.6) is 0 Å². The normalized spacial score (nSPS) is 23.8. The summed E-state index contributed by atoms with van der Waals surface area (Å²) in [4.78, 5) is 0. The Hall–Kier alpha value is -1.32. The Kier molecular flexibility index (Phi) is 7.36. The van der Waals surface area contributed by atoms with Crippen molar-refractivity contribution in [3.63, 3.8) is 0 Å². The van der Waals surface area contributed by atoms with Crippen LogP contribution in [0.4, 0.5) is 0 Å². The van der Waals surface area contributed by atoms with Crippen molar-refractivity contribution in [3.8, 4) is 0 Å². The molecule has 172 valence electrons. The number of sulfonamides is 1. The third-order valence-corrected chi connectivity index (χ3v) is 13.7. The van der Waals surface area contributed by atoms with Gasteiger partial charge in [-0.15, -0.1) is 0 Å². The predicted octanol–water partition coefficient (Wildman–Crippen LogP) is 4.56. The van der Waals surface area contributed by atoms with Crippen molar-refractivity contribution in [2.24, 2.45) is 0 Å². The zero-order valence-corrected chi connectivity index (χ0v) is 21.2. The molecule has 0 aromatic heterocycles. The van der Waals surface area contributed by atoms with Gasteiger partial charge in [-0.1, -0.05) is 71.6 Å². The van der Waals surface area contributed by atoms with Crippen LogP contribution >= 0.6 is 14.9 Å². The van der Waals surface area contributed by atoms with E-state index < -0.39 is 31.0 Å². The molecule has 0 N–H and O–H groups in total. The van der Waals surface area contributed by atoms with E-state index in [1.165, 1.54) is 17.0 Å². The van der Waals surface area contributed by atoms with Crippen molar-refractivity contribution >= 4 is 35.6 Å². The maximum atomic E-state index is 14.5. The molecule has 4 rings (SSSR count). The number of hydrogen-bond acceptors (Lipinski definition) is 4. The highest BCUT2D eigenvalue weighted by Gasteiger charge is 2.51. The van der Waals surface area contributed by atoms with Gasteiger partial charge in [-0.05, 0) is 25.7 Å². The molecule has 0 radical (unpaired) electrons. The third-order valence-electron chi connectivity index (χ3n) is 6.88. The first kappa shape index (κ1) is 23.8. The van der Waals surface area contributed by atoms with Crippen LogP contribution in [0, 0.1) is 0 Å². The minimum absolute atomic E-state index is 0.159. The fourth-order valence-corrected chi connectivity index (χ4v) is 11.8. The molecule has 1 aliphatic heterocycles. The molecule has 0 amide bonds. The number of hydrogen-bond donors (Lipinski definition) is 0. The smallest absolute Gasteiger partial charge is 0.314 e. The van der Waals surface area contributed by atoms with E-state index in [-0.39, 0.29) is 24.0 Å². The Bertz CT molecular complexity index is 1040. The molecule has 2 fully saturated rings. The van der Waals surface area contributed by atoms with Gasteiger partial charge in [-0.3, -0.25) is 0 Å². The average molecular weight is 493 g/mol. The Morgan fingerprint density at radius 1 is 0.906 bits per heavy atom. The van der Waals surface area contributed by atoms with Crippen LogP contribution in [0.2, 0.25) is 0 Å². The van der Waals surface area contributed by atoms with E-state index in [1.54, 1.807) is 0 Å². The maximum Gasteiger partial charge on any atom is 0.346 e. The highest BCUT2D eigenvalue weighted by molar-refractivity contribution is 7.88. The average Bonchev–Trinajstić information content (AvgIpc) is 3.24. The Balaban J connectivity index is 1.66. The Morgan fingerprint density at radius 3 is 1.94 bits per heavy atom. The van der Waals surface area contributed by atoms with Gasteiger partial charge in [0.2, 0.25) is 10.0 Å². The minimum atomic E-state index is -3.50. The topological polar surface area (TPSA) is 71.5 Å². The van der Waals surface area contributed by atoms with Gasteiger partial charge in [0, 0.05) is 29.2 Å². The van der Waals surface area contributed by atoms with Gasteiger partial charge >= 0.3 is 7.80 Å². The summed E-state index contributed by atoms with van der Waals surface area (Å²) in [5, 5.41) is 1.47. The second-order valence-corrected chi connectivity index (χ2v) is 16.1. The summed E-state index contributed by atoms with van der Waals surface area (Å²) in [6.07, 6.45) is 7.32. The van der Waals surface area contributed by atoms with Crippen LogP contribution < -0.4 is 10.6 Å². The molecule has 2 aromatic rings. The molecule has 3 unspecified atom stereocenters. The van der Waals surface area contributed by atoms with Gasteiger partial charge in [-0.25, -0.2) is 8.42 Å². The molecule has 1 saturated heterocycles. The molecule has 3 atom stereocenters. The van der Waals surface area contributed by atoms with Gasteiger partial charge in [0.15, 0.2) is 11.3 Å². The zero-order valence-electron chi connectivity index (χ0n) is 18.5. The highest BCUT2D eigenvalue weighted by atomic mass is 32.2. The lowest BCUT2D eigenvalue weighted by Gasteiger charge is -2.27. The number of rotatable bonds is 7. The predicted molar refractivity (Wildman–Crippen MR) is 133 cm³/mol. The van der Waals surface area contributed by atoms with Crippen molar-refractivity contribution in [2.75, 3.05) is 19.0 Å². The molecular weight excluding hydrogens is 460 g/mol. The first-order valence-electron chi connectivity index (χ1n) is 11.4. The van der Waals surface area contributed by atoms with E-state index in [9.17, 15) is 17.5 Å². The van der Waals surface area contributed by atoms with Gasteiger partial charge in [-0.2, -0.15) is 4.31 Å². The first-order chi connectivity index (χ1) is 15.3. The molecule has 0 bridgehead atoms. The number of benzene rings is 2. The Morgan fingerprint density at radius 2 is 1.44 bits per heavy atom. The van der Waals surface area contributed by atoms with E-state index >= 15 is 0 Å². The second-order valence-electron chi connectivity index (χ2n) is 9.12. The SMILES string of the molecule is CS(=O)(=O)N1CC([P+](=O)C2CCCCC2)CC1CP(=O)(c1ccccc1)c1ccccc1. The molecule has 2 aromatic carbocycles. The van der Waals surface area contributed by atoms with Crippen LogP contribution in [0.15, 0.2) is 60.7 Å². The summed E-state index contributed by atoms with van der Waals surface area (Å²) < 4.78 is 54.8. The molecule has 5 nitrogen and oxygen atoms in total. The first-order valence-corrected chi connectivity index (χ1v) is 16.6. The van der Waals surface area contributed by atoms with Crippen molar-refractivity contribution in [2.45, 2.75) is 55.9 Å². The van der Waals surface area contributed by atoms with Crippen molar-refractivity contribution in [1.82, 2.24) is 4.31 Å². The lowest BCUT2D eigenvalue weighted by atomic mass is 10.0. The maximum absolute atomic E-state index is 14.5. The monoisotopic (exact) mass is 492 g/mol. The second kappa shape index (κ2) is 9.89. The van der Waals surface area contributed by atoms with Crippen LogP contribution in [-0.2, 0) is 19.2 Å². The summed E-state index contributed by atoms with van der Waals surface area (Å²) in [5.41, 5.74) is 0.0341. The molecule has 2 aliphatic rings.